The number of methoxy groups -OCH3 is 1. The molecule has 0 heterocycles. The molecule has 0 saturated carbocycles. The summed E-state index contributed by atoms with van der Waals surface area (Å²) in [4.78, 5) is 0. The van der Waals surface area contributed by atoms with Crippen LogP contribution in [0.3, 0.4) is 0 Å². The summed E-state index contributed by atoms with van der Waals surface area (Å²) >= 11 is 6.04. The SMILES string of the molecule is COc1cccc(COc2ccc(Cl)cc2CC(C)N)c1. The topological polar surface area (TPSA) is 44.5 Å². The van der Waals surface area contributed by atoms with Crippen molar-refractivity contribution in [1.82, 2.24) is 0 Å². The highest BCUT2D eigenvalue weighted by atomic mass is 35.5. The molecule has 1 unspecified atom stereocenters. The van der Waals surface area contributed by atoms with Crippen LogP contribution in [-0.4, -0.2) is 13.2 Å². The van der Waals surface area contributed by atoms with E-state index in [-0.39, 0.29) is 6.04 Å². The van der Waals surface area contributed by atoms with Gasteiger partial charge < -0.3 is 15.2 Å². The van der Waals surface area contributed by atoms with Gasteiger partial charge in [-0.25, -0.2) is 0 Å². The van der Waals surface area contributed by atoms with Crippen molar-refractivity contribution in [2.75, 3.05) is 7.11 Å². The quantitative estimate of drug-likeness (QED) is 0.882. The van der Waals surface area contributed by atoms with Gasteiger partial charge in [0.05, 0.1) is 7.11 Å². The number of hydrogen-bond donors (Lipinski definition) is 1. The molecule has 2 rings (SSSR count). The van der Waals surface area contributed by atoms with Gasteiger partial charge in [0.1, 0.15) is 18.1 Å². The second-order valence-electron chi connectivity index (χ2n) is 5.07. The van der Waals surface area contributed by atoms with E-state index in [1.807, 2.05) is 49.4 Å². The Balaban J connectivity index is 2.11. The fourth-order valence-electron chi connectivity index (χ4n) is 2.12. The van der Waals surface area contributed by atoms with Crippen LogP contribution in [0.5, 0.6) is 11.5 Å². The second kappa shape index (κ2) is 7.34. The summed E-state index contributed by atoms with van der Waals surface area (Å²) in [6.07, 6.45) is 0.730. The van der Waals surface area contributed by atoms with E-state index in [0.717, 1.165) is 29.0 Å². The molecular weight excluding hydrogens is 286 g/mol. The molecule has 112 valence electrons. The van der Waals surface area contributed by atoms with Gasteiger partial charge in [-0.2, -0.15) is 0 Å². The van der Waals surface area contributed by atoms with Gasteiger partial charge in [-0.3, -0.25) is 0 Å². The molecule has 0 aromatic heterocycles. The Kier molecular flexibility index (Phi) is 5.48. The molecule has 2 N–H and O–H groups in total. The number of benzene rings is 2. The molecule has 21 heavy (non-hydrogen) atoms. The lowest BCUT2D eigenvalue weighted by molar-refractivity contribution is 0.301. The Morgan fingerprint density at radius 1 is 1.19 bits per heavy atom. The monoisotopic (exact) mass is 305 g/mol. The molecule has 0 aliphatic rings. The molecular formula is C17H20ClNO2. The van der Waals surface area contributed by atoms with Crippen LogP contribution >= 0.6 is 11.6 Å². The largest absolute Gasteiger partial charge is 0.497 e. The van der Waals surface area contributed by atoms with Crippen molar-refractivity contribution in [2.24, 2.45) is 5.73 Å². The van der Waals surface area contributed by atoms with Crippen molar-refractivity contribution in [3.8, 4) is 11.5 Å². The molecule has 0 aliphatic carbocycles. The number of nitrogens with two attached hydrogens (primary N) is 1. The van der Waals surface area contributed by atoms with E-state index in [1.165, 1.54) is 0 Å². The maximum absolute atomic E-state index is 6.04. The third-order valence-electron chi connectivity index (χ3n) is 3.09. The average molecular weight is 306 g/mol. The lowest BCUT2D eigenvalue weighted by Crippen LogP contribution is -2.18. The highest BCUT2D eigenvalue weighted by Crippen LogP contribution is 2.25. The number of halogens is 1. The first-order valence-electron chi connectivity index (χ1n) is 6.88. The van der Waals surface area contributed by atoms with E-state index < -0.39 is 0 Å². The molecule has 1 atom stereocenters. The third kappa shape index (κ3) is 4.66. The predicted octanol–water partition coefficient (Wildman–Crippen LogP) is 3.82. The average Bonchev–Trinajstić information content (AvgIpc) is 2.46. The second-order valence-corrected chi connectivity index (χ2v) is 5.51. The van der Waals surface area contributed by atoms with Gasteiger partial charge >= 0.3 is 0 Å². The van der Waals surface area contributed by atoms with Gasteiger partial charge in [-0.05, 0) is 54.8 Å². The smallest absolute Gasteiger partial charge is 0.123 e. The molecule has 0 saturated heterocycles. The Morgan fingerprint density at radius 3 is 2.71 bits per heavy atom. The minimum atomic E-state index is 0.0580. The van der Waals surface area contributed by atoms with E-state index in [2.05, 4.69) is 0 Å². The van der Waals surface area contributed by atoms with Crippen LogP contribution in [-0.2, 0) is 13.0 Å². The summed E-state index contributed by atoms with van der Waals surface area (Å²) in [6, 6.07) is 13.5. The van der Waals surface area contributed by atoms with E-state index in [9.17, 15) is 0 Å². The number of hydrogen-bond acceptors (Lipinski definition) is 3. The van der Waals surface area contributed by atoms with Crippen molar-refractivity contribution in [1.29, 1.82) is 0 Å². The van der Waals surface area contributed by atoms with Gasteiger partial charge in [0, 0.05) is 11.1 Å². The zero-order valence-electron chi connectivity index (χ0n) is 12.3. The van der Waals surface area contributed by atoms with Gasteiger partial charge in [-0.1, -0.05) is 23.7 Å². The first-order valence-corrected chi connectivity index (χ1v) is 7.26. The maximum atomic E-state index is 6.04. The van der Waals surface area contributed by atoms with E-state index in [4.69, 9.17) is 26.8 Å². The molecule has 0 spiro atoms. The van der Waals surface area contributed by atoms with Gasteiger partial charge in [-0.15, -0.1) is 0 Å². The van der Waals surface area contributed by atoms with Crippen molar-refractivity contribution < 1.29 is 9.47 Å². The van der Waals surface area contributed by atoms with Crippen LogP contribution < -0.4 is 15.2 Å². The Bertz CT molecular complexity index is 599. The Morgan fingerprint density at radius 2 is 2.00 bits per heavy atom. The highest BCUT2D eigenvalue weighted by Gasteiger charge is 2.08. The van der Waals surface area contributed by atoms with Crippen LogP contribution in [0.1, 0.15) is 18.1 Å². The lowest BCUT2D eigenvalue weighted by Gasteiger charge is -2.14. The molecule has 4 heteroatoms. The molecule has 0 fully saturated rings. The van der Waals surface area contributed by atoms with Crippen LogP contribution in [0.25, 0.3) is 0 Å². The molecule has 2 aromatic carbocycles. The zero-order chi connectivity index (χ0) is 15.2. The summed E-state index contributed by atoms with van der Waals surface area (Å²) in [7, 11) is 1.65. The molecule has 0 bridgehead atoms. The Hall–Kier alpha value is -1.71. The molecule has 0 radical (unpaired) electrons. The fraction of sp³-hybridized carbons (Fsp3) is 0.294. The molecule has 3 nitrogen and oxygen atoms in total. The molecule has 0 amide bonds. The number of ether oxygens (including phenoxy) is 2. The van der Waals surface area contributed by atoms with Crippen molar-refractivity contribution in [2.45, 2.75) is 26.0 Å². The van der Waals surface area contributed by atoms with Crippen molar-refractivity contribution >= 4 is 11.6 Å². The number of rotatable bonds is 6. The van der Waals surface area contributed by atoms with E-state index in [1.54, 1.807) is 7.11 Å². The summed E-state index contributed by atoms with van der Waals surface area (Å²) in [5.74, 6) is 1.64. The summed E-state index contributed by atoms with van der Waals surface area (Å²) in [6.45, 7) is 2.44. The van der Waals surface area contributed by atoms with Crippen LogP contribution in [0.2, 0.25) is 5.02 Å². The van der Waals surface area contributed by atoms with Crippen molar-refractivity contribution in [3.05, 3.63) is 58.6 Å². The van der Waals surface area contributed by atoms with Crippen molar-refractivity contribution in [3.63, 3.8) is 0 Å². The normalized spacial score (nSPS) is 12.0. The Labute approximate surface area is 130 Å². The maximum Gasteiger partial charge on any atom is 0.123 e. The van der Waals surface area contributed by atoms with Gasteiger partial charge in [0.2, 0.25) is 0 Å². The van der Waals surface area contributed by atoms with E-state index in [0.29, 0.717) is 11.6 Å². The predicted molar refractivity (Wildman–Crippen MR) is 86.1 cm³/mol. The standard InChI is InChI=1S/C17H20ClNO2/c1-12(19)8-14-10-15(18)6-7-17(14)21-11-13-4-3-5-16(9-13)20-2/h3-7,9-10,12H,8,11,19H2,1-2H3. The molecule has 0 aliphatic heterocycles. The summed E-state index contributed by atoms with van der Waals surface area (Å²) in [5.41, 5.74) is 7.95. The highest BCUT2D eigenvalue weighted by molar-refractivity contribution is 6.30. The summed E-state index contributed by atoms with van der Waals surface area (Å²) in [5, 5.41) is 0.694. The first-order chi connectivity index (χ1) is 10.1. The molecule has 2 aromatic rings. The van der Waals surface area contributed by atoms with Crippen LogP contribution in [0.15, 0.2) is 42.5 Å². The van der Waals surface area contributed by atoms with Crippen LogP contribution in [0.4, 0.5) is 0 Å². The fourth-order valence-corrected chi connectivity index (χ4v) is 2.31. The lowest BCUT2D eigenvalue weighted by atomic mass is 10.1. The van der Waals surface area contributed by atoms with E-state index >= 15 is 0 Å². The first kappa shape index (κ1) is 15.7. The van der Waals surface area contributed by atoms with Gasteiger partial charge in [0.25, 0.3) is 0 Å². The zero-order valence-corrected chi connectivity index (χ0v) is 13.1. The minimum Gasteiger partial charge on any atom is -0.497 e. The minimum absolute atomic E-state index is 0.0580. The summed E-state index contributed by atoms with van der Waals surface area (Å²) < 4.78 is 11.1. The third-order valence-corrected chi connectivity index (χ3v) is 3.33. The van der Waals surface area contributed by atoms with Gasteiger partial charge in [0.15, 0.2) is 0 Å². The van der Waals surface area contributed by atoms with Crippen LogP contribution in [0, 0.1) is 0 Å².